The highest BCUT2D eigenvalue weighted by Crippen LogP contribution is 2.17. The monoisotopic (exact) mass is 199 g/mol. The maximum atomic E-state index is 11.6. The first kappa shape index (κ1) is 11.5. The Hall–Kier alpha value is -0.570. The van der Waals surface area contributed by atoms with Crippen molar-refractivity contribution in [3.05, 3.63) is 0 Å². The first-order chi connectivity index (χ1) is 6.41. The van der Waals surface area contributed by atoms with Crippen LogP contribution in [0.5, 0.6) is 0 Å². The Balaban J connectivity index is 2.64. The Kier molecular flexibility index (Phi) is 3.53. The van der Waals surface area contributed by atoms with Crippen LogP contribution in [-0.4, -0.2) is 56.1 Å². The van der Waals surface area contributed by atoms with Gasteiger partial charge in [0.05, 0.1) is 27.7 Å². The fraction of sp³-hybridized carbons (Fsp3) is 0.909. The molecule has 0 aliphatic carbocycles. The van der Waals surface area contributed by atoms with E-state index in [2.05, 4.69) is 21.1 Å². The predicted octanol–water partition coefficient (Wildman–Crippen LogP) is 1.09. The smallest absolute Gasteiger partial charge is 0.222 e. The number of quaternary nitrogens is 1. The van der Waals surface area contributed by atoms with Gasteiger partial charge in [0.25, 0.3) is 0 Å². The van der Waals surface area contributed by atoms with Crippen molar-refractivity contribution < 1.29 is 9.28 Å². The topological polar surface area (TPSA) is 20.3 Å². The average Bonchev–Trinajstić information content (AvgIpc) is 2.04. The summed E-state index contributed by atoms with van der Waals surface area (Å²) >= 11 is 0. The normalized spacial score (nSPS) is 25.9. The van der Waals surface area contributed by atoms with E-state index in [1.807, 2.05) is 11.9 Å². The molecule has 0 radical (unpaired) electrons. The molecule has 14 heavy (non-hydrogen) atoms. The van der Waals surface area contributed by atoms with Crippen LogP contribution < -0.4 is 0 Å². The second kappa shape index (κ2) is 4.30. The Bertz CT molecular complexity index is 208. The molecule has 3 heteroatoms. The van der Waals surface area contributed by atoms with Gasteiger partial charge in [0.2, 0.25) is 5.91 Å². The van der Waals surface area contributed by atoms with Gasteiger partial charge in [0.15, 0.2) is 0 Å². The van der Waals surface area contributed by atoms with Gasteiger partial charge in [-0.2, -0.15) is 0 Å². The molecular formula is C11H23N2O+. The lowest BCUT2D eigenvalue weighted by molar-refractivity contribution is -0.895. The van der Waals surface area contributed by atoms with Crippen LogP contribution in [0.3, 0.4) is 0 Å². The zero-order valence-electron chi connectivity index (χ0n) is 9.92. The lowest BCUT2D eigenvalue weighted by Crippen LogP contribution is -2.52. The molecular weight excluding hydrogens is 176 g/mol. The minimum atomic E-state index is 0.308. The number of hydrogen-bond donors (Lipinski definition) is 0. The van der Waals surface area contributed by atoms with Crippen LogP contribution in [0.4, 0.5) is 0 Å². The van der Waals surface area contributed by atoms with Crippen molar-refractivity contribution in [1.82, 2.24) is 4.90 Å². The van der Waals surface area contributed by atoms with Crippen molar-refractivity contribution in [3.63, 3.8) is 0 Å². The number of amides is 1. The van der Waals surface area contributed by atoms with E-state index in [1.54, 1.807) is 0 Å². The molecule has 0 aromatic heterocycles. The molecule has 3 nitrogen and oxygen atoms in total. The molecule has 1 aliphatic rings. The van der Waals surface area contributed by atoms with Crippen molar-refractivity contribution in [2.24, 2.45) is 0 Å². The minimum absolute atomic E-state index is 0.308. The minimum Gasteiger partial charge on any atom is -0.340 e. The third kappa shape index (κ3) is 2.98. The highest BCUT2D eigenvalue weighted by atomic mass is 16.2. The first-order valence-corrected chi connectivity index (χ1v) is 5.46. The summed E-state index contributed by atoms with van der Waals surface area (Å²) in [7, 11) is 8.57. The third-order valence-corrected chi connectivity index (χ3v) is 3.18. The molecule has 0 bridgehead atoms. The van der Waals surface area contributed by atoms with Crippen molar-refractivity contribution in [3.8, 4) is 0 Å². The Morgan fingerprint density at radius 3 is 2.50 bits per heavy atom. The van der Waals surface area contributed by atoms with E-state index in [1.165, 1.54) is 12.8 Å². The largest absolute Gasteiger partial charge is 0.340 e. The number of carbonyl (C=O) groups excluding carboxylic acids is 1. The molecule has 0 N–H and O–H groups in total. The molecule has 0 saturated carbocycles. The second-order valence-electron chi connectivity index (χ2n) is 5.29. The summed E-state index contributed by atoms with van der Waals surface area (Å²) in [6, 6.07) is 0.587. The number of likely N-dealkylation sites (N-methyl/N-ethyl adjacent to an activating group) is 2. The van der Waals surface area contributed by atoms with E-state index < -0.39 is 0 Å². The molecule has 1 saturated heterocycles. The summed E-state index contributed by atoms with van der Waals surface area (Å²) < 4.78 is 0.956. The summed E-state index contributed by atoms with van der Waals surface area (Å²) in [6.07, 6.45) is 4.22. The van der Waals surface area contributed by atoms with Crippen LogP contribution in [0.25, 0.3) is 0 Å². The zero-order chi connectivity index (χ0) is 10.8. The summed E-state index contributed by atoms with van der Waals surface area (Å²) in [6.45, 7) is 0.905. The number of likely N-dealkylation sites (tertiary alicyclic amines) is 1. The van der Waals surface area contributed by atoms with E-state index in [0.29, 0.717) is 11.9 Å². The van der Waals surface area contributed by atoms with Crippen LogP contribution in [0.1, 0.15) is 25.7 Å². The van der Waals surface area contributed by atoms with Crippen molar-refractivity contribution in [1.29, 1.82) is 0 Å². The van der Waals surface area contributed by atoms with E-state index in [0.717, 1.165) is 23.9 Å². The Labute approximate surface area is 87.3 Å². The van der Waals surface area contributed by atoms with Gasteiger partial charge < -0.3 is 9.38 Å². The molecule has 1 rings (SSSR count). The third-order valence-electron chi connectivity index (χ3n) is 3.18. The summed E-state index contributed by atoms with van der Waals surface area (Å²) in [4.78, 5) is 13.5. The van der Waals surface area contributed by atoms with Gasteiger partial charge in [0.1, 0.15) is 6.04 Å². The van der Waals surface area contributed by atoms with Crippen LogP contribution >= 0.6 is 0 Å². The van der Waals surface area contributed by atoms with E-state index in [9.17, 15) is 4.79 Å². The first-order valence-electron chi connectivity index (χ1n) is 5.46. The van der Waals surface area contributed by atoms with E-state index in [-0.39, 0.29) is 0 Å². The molecule has 1 heterocycles. The molecule has 1 atom stereocenters. The van der Waals surface area contributed by atoms with Gasteiger partial charge in [0, 0.05) is 19.9 Å². The van der Waals surface area contributed by atoms with Gasteiger partial charge in [-0.15, -0.1) is 0 Å². The predicted molar refractivity (Wildman–Crippen MR) is 57.9 cm³/mol. The fourth-order valence-electron chi connectivity index (χ4n) is 1.99. The van der Waals surface area contributed by atoms with E-state index in [4.69, 9.17) is 0 Å². The molecule has 1 fully saturated rings. The van der Waals surface area contributed by atoms with Gasteiger partial charge in [-0.25, -0.2) is 0 Å². The van der Waals surface area contributed by atoms with Crippen molar-refractivity contribution >= 4 is 5.91 Å². The maximum Gasteiger partial charge on any atom is 0.222 e. The maximum absolute atomic E-state index is 11.6. The molecule has 1 aliphatic heterocycles. The Morgan fingerprint density at radius 2 is 1.93 bits per heavy atom. The lowest BCUT2D eigenvalue weighted by atomic mass is 10.0. The number of rotatable bonds is 1. The lowest BCUT2D eigenvalue weighted by Gasteiger charge is -2.37. The number of hydrogen-bond acceptors (Lipinski definition) is 1. The van der Waals surface area contributed by atoms with Crippen LogP contribution in [0, 0.1) is 0 Å². The number of nitrogens with zero attached hydrogens (tertiary/aromatic N) is 2. The summed E-state index contributed by atoms with van der Waals surface area (Å²) in [5.74, 6) is 0.308. The van der Waals surface area contributed by atoms with Gasteiger partial charge in [-0.1, -0.05) is 0 Å². The van der Waals surface area contributed by atoms with E-state index >= 15 is 0 Å². The summed E-state index contributed by atoms with van der Waals surface area (Å²) in [5, 5.41) is 0. The molecule has 82 valence electrons. The fourth-order valence-corrected chi connectivity index (χ4v) is 1.99. The van der Waals surface area contributed by atoms with Crippen molar-refractivity contribution in [2.45, 2.75) is 31.7 Å². The van der Waals surface area contributed by atoms with Gasteiger partial charge in [-0.05, 0) is 12.8 Å². The molecule has 0 unspecified atom stereocenters. The standard InChI is InChI=1S/C11H23N2O/c1-12-9-10(13(2,3)4)7-5-6-8-11(12)14/h10H,5-9H2,1-4H3/q+1/t10-/m1/s1. The quantitative estimate of drug-likeness (QED) is 0.579. The number of carbonyl (C=O) groups is 1. The Morgan fingerprint density at radius 1 is 1.29 bits per heavy atom. The highest BCUT2D eigenvalue weighted by molar-refractivity contribution is 5.75. The van der Waals surface area contributed by atoms with Crippen molar-refractivity contribution in [2.75, 3.05) is 34.7 Å². The SMILES string of the molecule is CN1C[C@H]([N+](C)(C)C)CCCCC1=O. The molecule has 0 aromatic carbocycles. The molecule has 0 aromatic rings. The zero-order valence-corrected chi connectivity index (χ0v) is 9.92. The average molecular weight is 199 g/mol. The van der Waals surface area contributed by atoms with Gasteiger partial charge in [-0.3, -0.25) is 4.79 Å². The van der Waals surface area contributed by atoms with Crippen LogP contribution in [-0.2, 0) is 4.79 Å². The van der Waals surface area contributed by atoms with Crippen LogP contribution in [0.2, 0.25) is 0 Å². The van der Waals surface area contributed by atoms with Gasteiger partial charge >= 0.3 is 0 Å². The summed E-state index contributed by atoms with van der Waals surface area (Å²) in [5.41, 5.74) is 0. The second-order valence-corrected chi connectivity index (χ2v) is 5.29. The molecule has 0 spiro atoms. The highest BCUT2D eigenvalue weighted by Gasteiger charge is 2.27. The molecule has 1 amide bonds. The van der Waals surface area contributed by atoms with Crippen LogP contribution in [0.15, 0.2) is 0 Å².